The van der Waals surface area contributed by atoms with Gasteiger partial charge in [-0.15, -0.1) is 0 Å². The third kappa shape index (κ3) is 5.39. The van der Waals surface area contributed by atoms with Crippen LogP contribution in [0, 0.1) is 11.6 Å². The Morgan fingerprint density at radius 2 is 1.76 bits per heavy atom. The van der Waals surface area contributed by atoms with Crippen molar-refractivity contribution < 1.29 is 18.4 Å². The Balaban J connectivity index is 1.52. The predicted molar refractivity (Wildman–Crippen MR) is 105 cm³/mol. The van der Waals surface area contributed by atoms with Gasteiger partial charge >= 0.3 is 0 Å². The Hall–Kier alpha value is -3.26. The SMILES string of the molecule is O=C(NCCCc1ccccc1)c1cc(NC(=O)c2cc(F)c(F)cc2Cl)n[nH]1. The van der Waals surface area contributed by atoms with Crippen LogP contribution in [0.5, 0.6) is 0 Å². The van der Waals surface area contributed by atoms with Gasteiger partial charge in [-0.3, -0.25) is 14.7 Å². The summed E-state index contributed by atoms with van der Waals surface area (Å²) in [5.74, 6) is -3.47. The summed E-state index contributed by atoms with van der Waals surface area (Å²) < 4.78 is 26.4. The maximum absolute atomic E-state index is 13.3. The number of amides is 2. The molecule has 150 valence electrons. The van der Waals surface area contributed by atoms with E-state index < -0.39 is 17.5 Å². The maximum Gasteiger partial charge on any atom is 0.269 e. The summed E-state index contributed by atoms with van der Waals surface area (Å²) in [7, 11) is 0. The molecule has 0 aliphatic carbocycles. The minimum Gasteiger partial charge on any atom is -0.351 e. The number of anilines is 1. The van der Waals surface area contributed by atoms with Crippen molar-refractivity contribution in [2.24, 2.45) is 0 Å². The highest BCUT2D eigenvalue weighted by Gasteiger charge is 2.17. The molecule has 0 atom stereocenters. The third-order valence-electron chi connectivity index (χ3n) is 4.09. The molecule has 6 nitrogen and oxygen atoms in total. The van der Waals surface area contributed by atoms with Crippen LogP contribution >= 0.6 is 11.6 Å². The Morgan fingerprint density at radius 1 is 1.03 bits per heavy atom. The van der Waals surface area contributed by atoms with Gasteiger partial charge in [-0.25, -0.2) is 8.78 Å². The number of hydrogen-bond donors (Lipinski definition) is 3. The summed E-state index contributed by atoms with van der Waals surface area (Å²) in [5.41, 5.74) is 1.08. The van der Waals surface area contributed by atoms with Crippen molar-refractivity contribution in [3.8, 4) is 0 Å². The van der Waals surface area contributed by atoms with E-state index in [1.807, 2.05) is 30.3 Å². The van der Waals surface area contributed by atoms with Crippen molar-refractivity contribution in [2.45, 2.75) is 12.8 Å². The van der Waals surface area contributed by atoms with E-state index in [-0.39, 0.29) is 28.0 Å². The van der Waals surface area contributed by atoms with Crippen LogP contribution in [0.15, 0.2) is 48.5 Å². The molecule has 3 rings (SSSR count). The molecule has 0 spiro atoms. The molecule has 0 bridgehead atoms. The van der Waals surface area contributed by atoms with Gasteiger partial charge < -0.3 is 10.6 Å². The molecule has 1 aromatic heterocycles. The molecule has 0 fully saturated rings. The first kappa shape index (κ1) is 20.5. The molecular formula is C20H17ClF2N4O2. The number of carbonyl (C=O) groups is 2. The second-order valence-electron chi connectivity index (χ2n) is 6.21. The highest BCUT2D eigenvalue weighted by atomic mass is 35.5. The zero-order valence-corrected chi connectivity index (χ0v) is 15.9. The second kappa shape index (κ2) is 9.29. The lowest BCUT2D eigenvalue weighted by atomic mass is 10.1. The van der Waals surface area contributed by atoms with Gasteiger partial charge in [0, 0.05) is 12.6 Å². The fraction of sp³-hybridized carbons (Fsp3) is 0.150. The molecule has 1 heterocycles. The molecule has 3 aromatic rings. The summed E-state index contributed by atoms with van der Waals surface area (Å²) in [6.07, 6.45) is 1.60. The molecule has 0 radical (unpaired) electrons. The van der Waals surface area contributed by atoms with Crippen molar-refractivity contribution in [1.82, 2.24) is 15.5 Å². The Kier molecular flexibility index (Phi) is 6.56. The van der Waals surface area contributed by atoms with Crippen molar-refractivity contribution >= 4 is 29.2 Å². The van der Waals surface area contributed by atoms with Gasteiger partial charge in [-0.05, 0) is 30.5 Å². The molecule has 2 amide bonds. The molecule has 0 aliphatic heterocycles. The molecule has 0 saturated heterocycles. The number of benzene rings is 2. The molecule has 0 aliphatic rings. The Labute approximate surface area is 170 Å². The topological polar surface area (TPSA) is 86.9 Å². The summed E-state index contributed by atoms with van der Waals surface area (Å²) in [6, 6.07) is 12.6. The zero-order valence-electron chi connectivity index (χ0n) is 15.1. The van der Waals surface area contributed by atoms with Crippen LogP contribution in [0.1, 0.15) is 32.8 Å². The van der Waals surface area contributed by atoms with E-state index in [9.17, 15) is 18.4 Å². The maximum atomic E-state index is 13.3. The molecule has 0 unspecified atom stereocenters. The number of hydrogen-bond acceptors (Lipinski definition) is 3. The van der Waals surface area contributed by atoms with Crippen LogP contribution in [-0.4, -0.2) is 28.6 Å². The largest absolute Gasteiger partial charge is 0.351 e. The molecule has 9 heteroatoms. The minimum absolute atomic E-state index is 0.0465. The number of aryl methyl sites for hydroxylation is 1. The van der Waals surface area contributed by atoms with Crippen LogP contribution in [0.4, 0.5) is 14.6 Å². The lowest BCUT2D eigenvalue weighted by Crippen LogP contribution is -2.25. The lowest BCUT2D eigenvalue weighted by molar-refractivity contribution is 0.0947. The molecule has 29 heavy (non-hydrogen) atoms. The van der Waals surface area contributed by atoms with Crippen LogP contribution in [0.25, 0.3) is 0 Å². The van der Waals surface area contributed by atoms with Crippen LogP contribution in [0.3, 0.4) is 0 Å². The minimum atomic E-state index is -1.20. The molecule has 2 aromatic carbocycles. The number of rotatable bonds is 7. The average molecular weight is 419 g/mol. The lowest BCUT2D eigenvalue weighted by Gasteiger charge is -2.05. The van der Waals surface area contributed by atoms with Gasteiger partial charge in [0.15, 0.2) is 17.5 Å². The number of nitrogens with one attached hydrogen (secondary N) is 3. The van der Waals surface area contributed by atoms with E-state index in [4.69, 9.17) is 11.6 Å². The van der Waals surface area contributed by atoms with Crippen molar-refractivity contribution in [3.05, 3.63) is 82.0 Å². The first-order chi connectivity index (χ1) is 13.9. The zero-order chi connectivity index (χ0) is 20.8. The van der Waals surface area contributed by atoms with Crippen LogP contribution < -0.4 is 10.6 Å². The fourth-order valence-corrected chi connectivity index (χ4v) is 2.85. The number of H-pyrrole nitrogens is 1. The van der Waals surface area contributed by atoms with Gasteiger partial charge in [0.2, 0.25) is 0 Å². The quantitative estimate of drug-likeness (QED) is 0.401. The Bertz CT molecular complexity index is 1020. The molecule has 3 N–H and O–H groups in total. The average Bonchev–Trinajstić information content (AvgIpc) is 3.17. The van der Waals surface area contributed by atoms with Crippen LogP contribution in [0.2, 0.25) is 5.02 Å². The fourth-order valence-electron chi connectivity index (χ4n) is 2.62. The van der Waals surface area contributed by atoms with Crippen molar-refractivity contribution in [1.29, 1.82) is 0 Å². The van der Waals surface area contributed by atoms with E-state index >= 15 is 0 Å². The van der Waals surface area contributed by atoms with Crippen molar-refractivity contribution in [3.63, 3.8) is 0 Å². The monoisotopic (exact) mass is 418 g/mol. The first-order valence-electron chi connectivity index (χ1n) is 8.77. The third-order valence-corrected chi connectivity index (χ3v) is 4.40. The summed E-state index contributed by atoms with van der Waals surface area (Å²) in [6.45, 7) is 0.471. The number of carbonyl (C=O) groups excluding carboxylic acids is 2. The highest BCUT2D eigenvalue weighted by molar-refractivity contribution is 6.34. The van der Waals surface area contributed by atoms with Crippen LogP contribution in [-0.2, 0) is 6.42 Å². The number of aromatic nitrogens is 2. The van der Waals surface area contributed by atoms with E-state index in [0.29, 0.717) is 18.7 Å². The second-order valence-corrected chi connectivity index (χ2v) is 6.62. The highest BCUT2D eigenvalue weighted by Crippen LogP contribution is 2.21. The standard InChI is InChI=1S/C20H17ClF2N4O2/c21-14-10-16(23)15(22)9-13(14)19(28)25-18-11-17(26-27-18)20(29)24-8-4-7-12-5-2-1-3-6-12/h1-3,5-6,9-11H,4,7-8H2,(H,24,29)(H2,25,26,27,28). The van der Waals surface area contributed by atoms with Gasteiger partial charge in [0.05, 0.1) is 10.6 Å². The van der Waals surface area contributed by atoms with E-state index in [0.717, 1.165) is 12.8 Å². The summed E-state index contributed by atoms with van der Waals surface area (Å²) in [4.78, 5) is 24.3. The van der Waals surface area contributed by atoms with Gasteiger partial charge in [0.25, 0.3) is 11.8 Å². The smallest absolute Gasteiger partial charge is 0.269 e. The van der Waals surface area contributed by atoms with Crippen molar-refractivity contribution in [2.75, 3.05) is 11.9 Å². The summed E-state index contributed by atoms with van der Waals surface area (Å²) in [5, 5.41) is 11.2. The normalized spacial score (nSPS) is 10.6. The van der Waals surface area contributed by atoms with E-state index in [1.165, 1.54) is 11.6 Å². The predicted octanol–water partition coefficient (Wildman–Crippen LogP) is 3.96. The number of nitrogens with zero attached hydrogens (tertiary/aromatic N) is 1. The summed E-state index contributed by atoms with van der Waals surface area (Å²) >= 11 is 5.77. The first-order valence-corrected chi connectivity index (χ1v) is 9.15. The molecule has 0 saturated carbocycles. The van der Waals surface area contributed by atoms with Gasteiger partial charge in [0.1, 0.15) is 5.69 Å². The Morgan fingerprint density at radius 3 is 2.52 bits per heavy atom. The van der Waals surface area contributed by atoms with Gasteiger partial charge in [-0.2, -0.15) is 5.10 Å². The number of aromatic amines is 1. The number of halogens is 3. The molecular weight excluding hydrogens is 402 g/mol. The van der Waals surface area contributed by atoms with Gasteiger partial charge in [-0.1, -0.05) is 41.9 Å². The van der Waals surface area contributed by atoms with E-state index in [1.54, 1.807) is 0 Å². The van der Waals surface area contributed by atoms with E-state index in [2.05, 4.69) is 20.8 Å².